The van der Waals surface area contributed by atoms with Gasteiger partial charge in [0.05, 0.1) is 18.7 Å². The summed E-state index contributed by atoms with van der Waals surface area (Å²) < 4.78 is 74.6. The number of ether oxygens (including phenoxy) is 2. The number of amides is 2. The third kappa shape index (κ3) is 6.44. The van der Waals surface area contributed by atoms with Gasteiger partial charge in [0, 0.05) is 18.7 Å². The van der Waals surface area contributed by atoms with Crippen molar-refractivity contribution in [2.24, 2.45) is 5.41 Å². The van der Waals surface area contributed by atoms with Crippen molar-refractivity contribution < 1.29 is 40.7 Å². The molecule has 1 aliphatic heterocycles. The molecule has 9 nitrogen and oxygen atoms in total. The average Bonchev–Trinajstić information content (AvgIpc) is 3.41. The zero-order valence-corrected chi connectivity index (χ0v) is 22.5. The van der Waals surface area contributed by atoms with Gasteiger partial charge in [0.15, 0.2) is 0 Å². The van der Waals surface area contributed by atoms with Gasteiger partial charge < -0.3 is 14.4 Å². The second-order valence-electron chi connectivity index (χ2n) is 9.37. The number of alkyl halides is 3. The Hall–Kier alpha value is -4.57. The summed E-state index contributed by atoms with van der Waals surface area (Å²) in [5.41, 5.74) is -5.12. The summed E-state index contributed by atoms with van der Waals surface area (Å²) in [4.78, 5) is 27.4. The molecule has 1 heterocycles. The van der Waals surface area contributed by atoms with E-state index in [1.165, 1.54) is 24.1 Å². The first kappa shape index (κ1) is 29.4. The lowest BCUT2D eigenvalue weighted by molar-refractivity contribution is -0.130. The van der Waals surface area contributed by atoms with Gasteiger partial charge in [-0.05, 0) is 66.1 Å². The van der Waals surface area contributed by atoms with Crippen LogP contribution in [0, 0.1) is 16.7 Å². The van der Waals surface area contributed by atoms with Crippen molar-refractivity contribution in [2.45, 2.75) is 11.9 Å². The minimum atomic E-state index is -5.99. The van der Waals surface area contributed by atoms with Crippen LogP contribution in [-0.4, -0.2) is 57.4 Å². The summed E-state index contributed by atoms with van der Waals surface area (Å²) >= 11 is 0. The van der Waals surface area contributed by atoms with E-state index < -0.39 is 39.4 Å². The van der Waals surface area contributed by atoms with E-state index in [2.05, 4.69) is 0 Å². The number of hydrogen-bond donors (Lipinski definition) is 1. The fraction of sp³-hybridized carbons (Fsp3) is 0.250. The number of methoxy groups -OCH3 is 1. The van der Waals surface area contributed by atoms with E-state index >= 15 is 0 Å². The number of nitrogens with one attached hydrogen (secondary N) is 1. The second-order valence-corrected chi connectivity index (χ2v) is 11.0. The first-order valence-electron chi connectivity index (χ1n) is 12.2. The zero-order valence-electron chi connectivity index (χ0n) is 21.6. The molecule has 1 saturated heterocycles. The maximum Gasteiger partial charge on any atom is 0.516 e. The molecule has 1 unspecified atom stereocenters. The lowest BCUT2D eigenvalue weighted by Gasteiger charge is -2.28. The van der Waals surface area contributed by atoms with E-state index in [0.29, 0.717) is 11.3 Å². The molecule has 214 valence electrons. The van der Waals surface area contributed by atoms with Crippen LogP contribution in [0.15, 0.2) is 72.8 Å². The highest BCUT2D eigenvalue weighted by atomic mass is 32.2. The summed E-state index contributed by atoms with van der Waals surface area (Å²) in [7, 11) is -4.53. The van der Waals surface area contributed by atoms with Gasteiger partial charge in [-0.2, -0.15) is 26.9 Å². The lowest BCUT2D eigenvalue weighted by Crippen LogP contribution is -2.51. The second kappa shape index (κ2) is 11.5. The zero-order chi connectivity index (χ0) is 29.8. The number of halogens is 3. The number of carbonyl (C=O) groups is 2. The maximum absolute atomic E-state index is 13.1. The van der Waals surface area contributed by atoms with Gasteiger partial charge in [-0.15, -0.1) is 0 Å². The Bertz CT molecular complexity index is 1570. The Morgan fingerprint density at radius 3 is 2.07 bits per heavy atom. The monoisotopic (exact) mass is 587 g/mol. The summed E-state index contributed by atoms with van der Waals surface area (Å²) in [6.07, 6.45) is -0.141. The Morgan fingerprint density at radius 2 is 1.54 bits per heavy atom. The van der Waals surface area contributed by atoms with Crippen molar-refractivity contribution in [3.63, 3.8) is 0 Å². The molecule has 0 aliphatic carbocycles. The van der Waals surface area contributed by atoms with Crippen LogP contribution in [0.25, 0.3) is 11.1 Å². The largest absolute Gasteiger partial charge is 0.516 e. The number of likely N-dealkylation sites (tertiary alicyclic amines) is 1. The van der Waals surface area contributed by atoms with Gasteiger partial charge >= 0.3 is 15.5 Å². The van der Waals surface area contributed by atoms with Crippen molar-refractivity contribution in [3.8, 4) is 28.7 Å². The lowest BCUT2D eigenvalue weighted by atomic mass is 9.87. The highest BCUT2D eigenvalue weighted by Crippen LogP contribution is 2.35. The van der Waals surface area contributed by atoms with Crippen LogP contribution in [-0.2, 0) is 14.8 Å². The standard InChI is InChI=1S/C28H24F3N3O6S/c1-39-23-10-8-22(9-11-23)25(35)34-15-14-27(17-34,26(36)33-41(37,38)28(29,30)31)18-40-24-12-6-21(7-13-24)20-4-2-19(16-32)3-5-20/h2-13H,14-15,17-18H2,1H3,(H,33,36). The van der Waals surface area contributed by atoms with Crippen LogP contribution >= 0.6 is 0 Å². The van der Waals surface area contributed by atoms with Crippen LogP contribution in [0.5, 0.6) is 11.5 Å². The summed E-state index contributed by atoms with van der Waals surface area (Å²) in [6, 6.07) is 21.6. The predicted octanol–water partition coefficient (Wildman–Crippen LogP) is 4.11. The topological polar surface area (TPSA) is 126 Å². The quantitative estimate of drug-likeness (QED) is 0.421. The first-order valence-corrected chi connectivity index (χ1v) is 13.7. The van der Waals surface area contributed by atoms with Crippen LogP contribution in [0.4, 0.5) is 13.2 Å². The van der Waals surface area contributed by atoms with Crippen LogP contribution < -0.4 is 14.2 Å². The van der Waals surface area contributed by atoms with Crippen molar-refractivity contribution in [2.75, 3.05) is 26.8 Å². The summed E-state index contributed by atoms with van der Waals surface area (Å²) in [5, 5.41) is 8.96. The van der Waals surface area contributed by atoms with Crippen molar-refractivity contribution in [1.29, 1.82) is 5.26 Å². The van der Waals surface area contributed by atoms with Crippen LogP contribution in [0.2, 0.25) is 0 Å². The Labute approximate surface area is 234 Å². The normalized spacial score (nSPS) is 17.0. The van der Waals surface area contributed by atoms with Gasteiger partial charge in [0.1, 0.15) is 23.5 Å². The number of benzene rings is 3. The number of rotatable bonds is 8. The fourth-order valence-electron chi connectivity index (χ4n) is 4.32. The summed E-state index contributed by atoms with van der Waals surface area (Å²) in [5.74, 6) is -1.14. The van der Waals surface area contributed by atoms with Crippen LogP contribution in [0.1, 0.15) is 22.3 Å². The Balaban J connectivity index is 1.54. The SMILES string of the molecule is COc1ccc(C(=O)N2CCC(COc3ccc(-c4ccc(C#N)cc4)cc3)(C(=O)NS(=O)(=O)C(F)(F)F)C2)cc1. The predicted molar refractivity (Wildman–Crippen MR) is 141 cm³/mol. The Kier molecular flexibility index (Phi) is 8.25. The van der Waals surface area contributed by atoms with E-state index in [1.807, 2.05) is 6.07 Å². The third-order valence-corrected chi connectivity index (χ3v) is 7.77. The molecule has 1 aliphatic rings. The van der Waals surface area contributed by atoms with Crippen molar-refractivity contribution >= 4 is 21.8 Å². The molecule has 1 atom stereocenters. The van der Waals surface area contributed by atoms with Gasteiger partial charge in [0.25, 0.3) is 5.91 Å². The molecule has 0 saturated carbocycles. The van der Waals surface area contributed by atoms with Gasteiger partial charge in [0.2, 0.25) is 5.91 Å². The van der Waals surface area contributed by atoms with Crippen molar-refractivity contribution in [3.05, 3.63) is 83.9 Å². The van der Waals surface area contributed by atoms with E-state index in [9.17, 15) is 31.2 Å². The van der Waals surface area contributed by atoms with Crippen molar-refractivity contribution in [1.82, 2.24) is 9.62 Å². The van der Waals surface area contributed by atoms with E-state index in [0.717, 1.165) is 15.8 Å². The molecule has 2 amide bonds. The maximum atomic E-state index is 13.1. The van der Waals surface area contributed by atoms with Gasteiger partial charge in [-0.3, -0.25) is 9.59 Å². The molecule has 3 aromatic rings. The van der Waals surface area contributed by atoms with Gasteiger partial charge in [-0.1, -0.05) is 24.3 Å². The molecule has 0 radical (unpaired) electrons. The molecular weight excluding hydrogens is 563 g/mol. The minimum Gasteiger partial charge on any atom is -0.497 e. The van der Waals surface area contributed by atoms with E-state index in [1.54, 1.807) is 60.7 Å². The molecule has 41 heavy (non-hydrogen) atoms. The molecule has 0 bridgehead atoms. The molecule has 13 heteroatoms. The highest BCUT2D eigenvalue weighted by Gasteiger charge is 2.53. The van der Waals surface area contributed by atoms with Crippen LogP contribution in [0.3, 0.4) is 0 Å². The molecule has 3 aromatic carbocycles. The number of hydrogen-bond acceptors (Lipinski definition) is 7. The van der Waals surface area contributed by atoms with E-state index in [4.69, 9.17) is 14.7 Å². The Morgan fingerprint density at radius 1 is 0.976 bits per heavy atom. The smallest absolute Gasteiger partial charge is 0.497 e. The van der Waals surface area contributed by atoms with Gasteiger partial charge in [-0.25, -0.2) is 4.72 Å². The fourth-order valence-corrected chi connectivity index (χ4v) is 4.90. The molecule has 4 rings (SSSR count). The van der Waals surface area contributed by atoms with E-state index in [-0.39, 0.29) is 30.8 Å². The number of nitrogens with zero attached hydrogens (tertiary/aromatic N) is 2. The molecule has 1 fully saturated rings. The molecule has 1 N–H and O–H groups in total. The average molecular weight is 588 g/mol. The first-order chi connectivity index (χ1) is 19.4. The molecule has 0 aromatic heterocycles. The molecular formula is C28H24F3N3O6S. The number of sulfonamides is 1. The molecule has 0 spiro atoms. The highest BCUT2D eigenvalue weighted by molar-refractivity contribution is 7.90. The minimum absolute atomic E-state index is 0.0225. The number of nitriles is 1. The summed E-state index contributed by atoms with van der Waals surface area (Å²) in [6.45, 7) is -0.888. The number of carbonyl (C=O) groups excluding carboxylic acids is 2. The third-order valence-electron chi connectivity index (χ3n) is 6.71.